The van der Waals surface area contributed by atoms with E-state index in [9.17, 15) is 0 Å². The summed E-state index contributed by atoms with van der Waals surface area (Å²) in [5.41, 5.74) is 5.21. The maximum Gasteiger partial charge on any atom is 0.0528 e. The molecular formula is C22H22BrN. The molecule has 1 fully saturated rings. The largest absolute Gasteiger partial charge is 0.317 e. The third-order valence-electron chi connectivity index (χ3n) is 5.14. The summed E-state index contributed by atoms with van der Waals surface area (Å²) in [6.07, 6.45) is 9.04. The topological polar surface area (TPSA) is 4.93 Å². The van der Waals surface area contributed by atoms with E-state index in [0.29, 0.717) is 0 Å². The molecule has 1 aromatic heterocycles. The van der Waals surface area contributed by atoms with Gasteiger partial charge < -0.3 is 4.57 Å². The minimum atomic E-state index is 0.767. The molecule has 2 aromatic carbocycles. The first-order valence-corrected chi connectivity index (χ1v) is 9.64. The van der Waals surface area contributed by atoms with Gasteiger partial charge in [-0.2, -0.15) is 0 Å². The third-order valence-corrected chi connectivity index (χ3v) is 5.67. The van der Waals surface area contributed by atoms with Crippen LogP contribution in [0.5, 0.6) is 0 Å². The van der Waals surface area contributed by atoms with E-state index in [-0.39, 0.29) is 0 Å². The zero-order valence-corrected chi connectivity index (χ0v) is 15.4. The molecule has 0 unspecified atom stereocenters. The van der Waals surface area contributed by atoms with Gasteiger partial charge in [0, 0.05) is 16.4 Å². The summed E-state index contributed by atoms with van der Waals surface area (Å²) in [5.74, 6) is 0.767. The van der Waals surface area contributed by atoms with E-state index in [2.05, 4.69) is 87.4 Å². The fraction of sp³-hybridized carbons (Fsp3) is 0.273. The van der Waals surface area contributed by atoms with Gasteiger partial charge in [0.05, 0.1) is 5.69 Å². The first-order valence-electron chi connectivity index (χ1n) is 8.85. The molecule has 0 spiro atoms. The Hall–Kier alpha value is -1.80. The van der Waals surface area contributed by atoms with E-state index in [1.54, 1.807) is 0 Å². The van der Waals surface area contributed by atoms with Crippen LogP contribution in [0.2, 0.25) is 0 Å². The van der Waals surface area contributed by atoms with Gasteiger partial charge in [-0.3, -0.25) is 0 Å². The summed E-state index contributed by atoms with van der Waals surface area (Å²) in [5, 5.41) is 0. The van der Waals surface area contributed by atoms with Crippen LogP contribution in [0.25, 0.3) is 16.9 Å². The van der Waals surface area contributed by atoms with Crippen molar-refractivity contribution in [2.75, 3.05) is 0 Å². The maximum atomic E-state index is 3.51. The molecular weight excluding hydrogens is 358 g/mol. The Kier molecular flexibility index (Phi) is 4.57. The Morgan fingerprint density at radius 3 is 2.21 bits per heavy atom. The Balaban J connectivity index is 1.62. The SMILES string of the molecule is Brc1ccc(-c2cccn2-c2ccc(C3CCCCC3)cc2)cc1. The van der Waals surface area contributed by atoms with Crippen molar-refractivity contribution in [2.45, 2.75) is 38.0 Å². The number of hydrogen-bond acceptors (Lipinski definition) is 0. The molecule has 0 aliphatic heterocycles. The fourth-order valence-corrected chi connectivity index (χ4v) is 4.07. The molecule has 122 valence electrons. The van der Waals surface area contributed by atoms with Crippen molar-refractivity contribution >= 4 is 15.9 Å². The standard InChI is InChI=1S/C22H22BrN/c23-20-12-8-19(9-13-20)22-7-4-16-24(22)21-14-10-18(11-15-21)17-5-2-1-3-6-17/h4,7-17H,1-3,5-6H2. The number of hydrogen-bond donors (Lipinski definition) is 0. The highest BCUT2D eigenvalue weighted by Crippen LogP contribution is 2.33. The normalized spacial score (nSPS) is 15.5. The Morgan fingerprint density at radius 2 is 1.50 bits per heavy atom. The Bertz CT molecular complexity index is 793. The molecule has 0 radical (unpaired) electrons. The molecule has 1 aliphatic rings. The van der Waals surface area contributed by atoms with Crippen LogP contribution in [0.3, 0.4) is 0 Å². The zero-order valence-electron chi connectivity index (χ0n) is 13.8. The summed E-state index contributed by atoms with van der Waals surface area (Å²) in [6, 6.07) is 22.0. The Labute approximate surface area is 152 Å². The van der Waals surface area contributed by atoms with Crippen molar-refractivity contribution < 1.29 is 0 Å². The average Bonchev–Trinajstić information content (AvgIpc) is 3.13. The monoisotopic (exact) mass is 379 g/mol. The number of aromatic nitrogens is 1. The molecule has 0 bridgehead atoms. The predicted octanol–water partition coefficient (Wildman–Crippen LogP) is 6.95. The van der Waals surface area contributed by atoms with Crippen molar-refractivity contribution in [2.24, 2.45) is 0 Å². The lowest BCUT2D eigenvalue weighted by atomic mass is 9.84. The summed E-state index contributed by atoms with van der Waals surface area (Å²) in [6.45, 7) is 0. The molecule has 1 nitrogen and oxygen atoms in total. The van der Waals surface area contributed by atoms with Crippen molar-refractivity contribution in [1.29, 1.82) is 0 Å². The maximum absolute atomic E-state index is 3.51. The zero-order chi connectivity index (χ0) is 16.4. The number of rotatable bonds is 3. The molecule has 1 saturated carbocycles. The Morgan fingerprint density at radius 1 is 0.792 bits per heavy atom. The molecule has 3 aromatic rings. The molecule has 0 atom stereocenters. The van der Waals surface area contributed by atoms with Gasteiger partial charge in [-0.25, -0.2) is 0 Å². The molecule has 1 aliphatic carbocycles. The van der Waals surface area contributed by atoms with Crippen LogP contribution in [0.4, 0.5) is 0 Å². The second kappa shape index (κ2) is 6.98. The highest BCUT2D eigenvalue weighted by molar-refractivity contribution is 9.10. The first kappa shape index (κ1) is 15.7. The summed E-state index contributed by atoms with van der Waals surface area (Å²) in [7, 11) is 0. The molecule has 4 rings (SSSR count). The second-order valence-electron chi connectivity index (χ2n) is 6.70. The quantitative estimate of drug-likeness (QED) is 0.463. The van der Waals surface area contributed by atoms with Crippen LogP contribution in [-0.2, 0) is 0 Å². The lowest BCUT2D eigenvalue weighted by molar-refractivity contribution is 0.443. The van der Waals surface area contributed by atoms with Gasteiger partial charge in [-0.15, -0.1) is 0 Å². The van der Waals surface area contributed by atoms with Gasteiger partial charge in [-0.1, -0.05) is 59.5 Å². The van der Waals surface area contributed by atoms with E-state index in [0.717, 1.165) is 10.4 Å². The van der Waals surface area contributed by atoms with Gasteiger partial charge in [0.25, 0.3) is 0 Å². The lowest BCUT2D eigenvalue weighted by Gasteiger charge is -2.22. The molecule has 0 N–H and O–H groups in total. The fourth-order valence-electron chi connectivity index (χ4n) is 3.80. The lowest BCUT2D eigenvalue weighted by Crippen LogP contribution is -2.04. The first-order chi connectivity index (χ1) is 11.8. The van der Waals surface area contributed by atoms with E-state index in [1.807, 2.05) is 0 Å². The highest BCUT2D eigenvalue weighted by atomic mass is 79.9. The summed E-state index contributed by atoms with van der Waals surface area (Å²) >= 11 is 3.51. The second-order valence-corrected chi connectivity index (χ2v) is 7.61. The van der Waals surface area contributed by atoms with Gasteiger partial charge in [0.2, 0.25) is 0 Å². The van der Waals surface area contributed by atoms with Crippen LogP contribution in [-0.4, -0.2) is 4.57 Å². The minimum Gasteiger partial charge on any atom is -0.317 e. The van der Waals surface area contributed by atoms with Crippen molar-refractivity contribution in [1.82, 2.24) is 4.57 Å². The third kappa shape index (κ3) is 3.21. The van der Waals surface area contributed by atoms with Crippen molar-refractivity contribution in [3.05, 3.63) is 76.9 Å². The van der Waals surface area contributed by atoms with E-state index in [1.165, 1.54) is 54.6 Å². The van der Waals surface area contributed by atoms with Crippen molar-refractivity contribution in [3.8, 4) is 16.9 Å². The number of nitrogens with zero attached hydrogens (tertiary/aromatic N) is 1. The van der Waals surface area contributed by atoms with E-state index in [4.69, 9.17) is 0 Å². The molecule has 0 saturated heterocycles. The molecule has 24 heavy (non-hydrogen) atoms. The number of halogens is 1. The number of benzene rings is 2. The van der Waals surface area contributed by atoms with Gasteiger partial charge >= 0.3 is 0 Å². The van der Waals surface area contributed by atoms with Crippen LogP contribution >= 0.6 is 15.9 Å². The molecule has 1 heterocycles. The van der Waals surface area contributed by atoms with Gasteiger partial charge in [0.1, 0.15) is 0 Å². The predicted molar refractivity (Wildman–Crippen MR) is 105 cm³/mol. The highest BCUT2D eigenvalue weighted by Gasteiger charge is 2.15. The van der Waals surface area contributed by atoms with Crippen LogP contribution < -0.4 is 0 Å². The minimum absolute atomic E-state index is 0.767. The van der Waals surface area contributed by atoms with E-state index < -0.39 is 0 Å². The van der Waals surface area contributed by atoms with Crippen LogP contribution in [0.15, 0.2) is 71.3 Å². The smallest absolute Gasteiger partial charge is 0.0528 e. The molecule has 0 amide bonds. The van der Waals surface area contributed by atoms with Gasteiger partial charge in [-0.05, 0) is 66.3 Å². The van der Waals surface area contributed by atoms with Crippen molar-refractivity contribution in [3.63, 3.8) is 0 Å². The van der Waals surface area contributed by atoms with Crippen LogP contribution in [0, 0.1) is 0 Å². The average molecular weight is 380 g/mol. The molecule has 2 heteroatoms. The summed E-state index contributed by atoms with van der Waals surface area (Å²) < 4.78 is 3.38. The van der Waals surface area contributed by atoms with Gasteiger partial charge in [0.15, 0.2) is 0 Å². The van der Waals surface area contributed by atoms with E-state index >= 15 is 0 Å². The summed E-state index contributed by atoms with van der Waals surface area (Å²) in [4.78, 5) is 0. The van der Waals surface area contributed by atoms with Crippen LogP contribution in [0.1, 0.15) is 43.6 Å².